The van der Waals surface area contributed by atoms with Crippen LogP contribution in [0.3, 0.4) is 0 Å². The molecule has 4 atom stereocenters. The lowest BCUT2D eigenvalue weighted by Crippen LogP contribution is -2.56. The van der Waals surface area contributed by atoms with Gasteiger partial charge in [0.2, 0.25) is 17.7 Å². The highest BCUT2D eigenvalue weighted by atomic mass is 16.4. The summed E-state index contributed by atoms with van der Waals surface area (Å²) in [6.45, 7) is 7.57. The molecule has 0 aliphatic heterocycles. The Morgan fingerprint density at radius 2 is 1.63 bits per heavy atom. The number of carbonyl (C=O) groups excluding carboxylic acids is 3. The number of aliphatic carboxylic acids is 1. The molecule has 0 radical (unpaired) electrons. The lowest BCUT2D eigenvalue weighted by molar-refractivity contribution is -0.143. The topological polar surface area (TPSA) is 177 Å². The molecule has 0 spiro atoms. The molecule has 30 heavy (non-hydrogen) atoms. The van der Waals surface area contributed by atoms with Crippen molar-refractivity contribution in [1.82, 2.24) is 16.0 Å². The second-order valence-electron chi connectivity index (χ2n) is 8.07. The Bertz CT molecular complexity index is 570. The minimum atomic E-state index is -1.12. The Balaban J connectivity index is 4.84. The van der Waals surface area contributed by atoms with Crippen LogP contribution in [0.25, 0.3) is 0 Å². The van der Waals surface area contributed by atoms with E-state index in [1.54, 1.807) is 6.92 Å². The molecule has 0 aliphatic carbocycles. The average molecular weight is 430 g/mol. The zero-order valence-corrected chi connectivity index (χ0v) is 18.6. The van der Waals surface area contributed by atoms with E-state index in [0.29, 0.717) is 25.8 Å². The van der Waals surface area contributed by atoms with Gasteiger partial charge in [-0.1, -0.05) is 40.5 Å². The molecule has 0 aromatic carbocycles. The van der Waals surface area contributed by atoms with Crippen molar-refractivity contribution in [1.29, 1.82) is 0 Å². The fourth-order valence-corrected chi connectivity index (χ4v) is 2.82. The van der Waals surface area contributed by atoms with Gasteiger partial charge in [-0.25, -0.2) is 4.79 Å². The number of nitrogens with one attached hydrogen (secondary N) is 3. The molecule has 0 saturated heterocycles. The van der Waals surface area contributed by atoms with Crippen molar-refractivity contribution in [2.24, 2.45) is 23.3 Å². The van der Waals surface area contributed by atoms with Crippen LogP contribution < -0.4 is 27.4 Å². The van der Waals surface area contributed by atoms with Crippen LogP contribution >= 0.6 is 0 Å². The molecule has 3 amide bonds. The van der Waals surface area contributed by atoms with Crippen LogP contribution in [0.2, 0.25) is 0 Å². The molecule has 0 aromatic rings. The molecule has 0 aromatic heterocycles. The van der Waals surface area contributed by atoms with Gasteiger partial charge in [0, 0.05) is 0 Å². The number of carboxylic acids is 1. The summed E-state index contributed by atoms with van der Waals surface area (Å²) in [7, 11) is 0. The van der Waals surface area contributed by atoms with E-state index < -0.39 is 41.8 Å². The molecule has 174 valence electrons. The molecule has 0 aliphatic rings. The van der Waals surface area contributed by atoms with Gasteiger partial charge in [0.05, 0.1) is 12.6 Å². The van der Waals surface area contributed by atoms with Crippen molar-refractivity contribution in [2.45, 2.75) is 77.9 Å². The minimum absolute atomic E-state index is 0.0762. The van der Waals surface area contributed by atoms with Gasteiger partial charge in [0.15, 0.2) is 0 Å². The van der Waals surface area contributed by atoms with Crippen molar-refractivity contribution in [3.63, 3.8) is 0 Å². The molecule has 4 unspecified atom stereocenters. The summed E-state index contributed by atoms with van der Waals surface area (Å²) in [5, 5.41) is 16.9. The first kappa shape index (κ1) is 27.8. The summed E-state index contributed by atoms with van der Waals surface area (Å²) in [6, 6.07) is -2.68. The highest BCUT2D eigenvalue weighted by Gasteiger charge is 2.30. The van der Waals surface area contributed by atoms with Gasteiger partial charge < -0.3 is 32.5 Å². The molecule has 0 bridgehead atoms. The van der Waals surface area contributed by atoms with E-state index in [2.05, 4.69) is 16.0 Å². The number of rotatable bonds is 15. The molecule has 0 saturated carbocycles. The number of unbranched alkanes of at least 4 members (excludes halogenated alkanes) is 1. The lowest BCUT2D eigenvalue weighted by Gasteiger charge is -2.26. The van der Waals surface area contributed by atoms with Crippen LogP contribution in [-0.4, -0.2) is 60.0 Å². The van der Waals surface area contributed by atoms with E-state index in [1.807, 2.05) is 20.8 Å². The molecule has 10 heteroatoms. The van der Waals surface area contributed by atoms with Crippen LogP contribution in [0.1, 0.15) is 59.8 Å². The van der Waals surface area contributed by atoms with E-state index in [-0.39, 0.29) is 24.8 Å². The second kappa shape index (κ2) is 14.7. The van der Waals surface area contributed by atoms with Gasteiger partial charge in [-0.3, -0.25) is 14.4 Å². The highest BCUT2D eigenvalue weighted by Crippen LogP contribution is 2.10. The second-order valence-corrected chi connectivity index (χ2v) is 8.07. The SMILES string of the molecule is CCC(C)C(NC(=O)CNC(=O)C(N)CCCCN)C(=O)NC(CC(C)C)C(=O)O. The lowest BCUT2D eigenvalue weighted by atomic mass is 9.97. The van der Waals surface area contributed by atoms with Gasteiger partial charge in [-0.05, 0) is 37.6 Å². The van der Waals surface area contributed by atoms with Gasteiger partial charge in [0.25, 0.3) is 0 Å². The number of hydrogen-bond donors (Lipinski definition) is 6. The summed E-state index contributed by atoms with van der Waals surface area (Å²) < 4.78 is 0. The number of carboxylic acid groups (broad SMARTS) is 1. The van der Waals surface area contributed by atoms with Crippen LogP contribution in [0.5, 0.6) is 0 Å². The molecule has 10 nitrogen and oxygen atoms in total. The maximum atomic E-state index is 12.7. The average Bonchev–Trinajstić information content (AvgIpc) is 2.68. The van der Waals surface area contributed by atoms with Crippen LogP contribution in [0.15, 0.2) is 0 Å². The number of hydrogen-bond acceptors (Lipinski definition) is 6. The Morgan fingerprint density at radius 1 is 1.00 bits per heavy atom. The summed E-state index contributed by atoms with van der Waals surface area (Å²) >= 11 is 0. The van der Waals surface area contributed by atoms with E-state index in [9.17, 15) is 24.3 Å². The Hall–Kier alpha value is -2.20. The zero-order chi connectivity index (χ0) is 23.3. The molecular formula is C20H39N5O5. The first-order valence-electron chi connectivity index (χ1n) is 10.6. The van der Waals surface area contributed by atoms with Gasteiger partial charge >= 0.3 is 5.97 Å². The summed E-state index contributed by atoms with van der Waals surface area (Å²) in [5.41, 5.74) is 11.2. The standard InChI is InChI=1S/C20H39N5O5/c1-5-13(4)17(19(28)24-15(20(29)30)10-12(2)3)25-16(26)11-23-18(27)14(22)8-6-7-9-21/h12-15,17H,5-11,21-22H2,1-4H3,(H,23,27)(H,24,28)(H,25,26)(H,29,30). The van der Waals surface area contributed by atoms with E-state index >= 15 is 0 Å². The van der Waals surface area contributed by atoms with E-state index in [0.717, 1.165) is 6.42 Å². The highest BCUT2D eigenvalue weighted by molar-refractivity contribution is 5.92. The fourth-order valence-electron chi connectivity index (χ4n) is 2.82. The monoisotopic (exact) mass is 429 g/mol. The molecule has 8 N–H and O–H groups in total. The van der Waals surface area contributed by atoms with Crippen molar-refractivity contribution < 1.29 is 24.3 Å². The summed E-state index contributed by atoms with van der Waals surface area (Å²) in [6.07, 6.45) is 2.82. The Morgan fingerprint density at radius 3 is 2.13 bits per heavy atom. The molecule has 0 heterocycles. The van der Waals surface area contributed by atoms with E-state index in [4.69, 9.17) is 11.5 Å². The largest absolute Gasteiger partial charge is 0.480 e. The third kappa shape index (κ3) is 11.1. The van der Waals surface area contributed by atoms with Crippen molar-refractivity contribution in [2.75, 3.05) is 13.1 Å². The normalized spacial score (nSPS) is 15.0. The van der Waals surface area contributed by atoms with Crippen LogP contribution in [0, 0.1) is 11.8 Å². The first-order valence-corrected chi connectivity index (χ1v) is 10.6. The minimum Gasteiger partial charge on any atom is -0.480 e. The Kier molecular flexibility index (Phi) is 13.7. The molecule has 0 fully saturated rings. The first-order chi connectivity index (χ1) is 14.0. The summed E-state index contributed by atoms with van der Waals surface area (Å²) in [5.74, 6) is -2.83. The van der Waals surface area contributed by atoms with Crippen molar-refractivity contribution >= 4 is 23.7 Å². The quantitative estimate of drug-likeness (QED) is 0.194. The predicted molar refractivity (Wildman–Crippen MR) is 114 cm³/mol. The number of carbonyl (C=O) groups is 4. The zero-order valence-electron chi connectivity index (χ0n) is 18.6. The fraction of sp³-hybridized carbons (Fsp3) is 0.800. The van der Waals surface area contributed by atoms with Crippen molar-refractivity contribution in [3.05, 3.63) is 0 Å². The van der Waals surface area contributed by atoms with Gasteiger partial charge in [-0.2, -0.15) is 0 Å². The van der Waals surface area contributed by atoms with Crippen LogP contribution in [-0.2, 0) is 19.2 Å². The Labute approximate surface area is 178 Å². The summed E-state index contributed by atoms with van der Waals surface area (Å²) in [4.78, 5) is 48.3. The van der Waals surface area contributed by atoms with Crippen LogP contribution in [0.4, 0.5) is 0 Å². The van der Waals surface area contributed by atoms with E-state index in [1.165, 1.54) is 0 Å². The molecule has 0 rings (SSSR count). The number of amides is 3. The van der Waals surface area contributed by atoms with Crippen molar-refractivity contribution in [3.8, 4) is 0 Å². The third-order valence-electron chi connectivity index (χ3n) is 4.86. The maximum absolute atomic E-state index is 12.7. The number of nitrogens with two attached hydrogens (primary N) is 2. The van der Waals surface area contributed by atoms with Gasteiger partial charge in [-0.15, -0.1) is 0 Å². The smallest absolute Gasteiger partial charge is 0.326 e. The van der Waals surface area contributed by atoms with Gasteiger partial charge in [0.1, 0.15) is 12.1 Å². The third-order valence-corrected chi connectivity index (χ3v) is 4.86. The molecular weight excluding hydrogens is 390 g/mol. The predicted octanol–water partition coefficient (Wildman–Crippen LogP) is -0.295. The maximum Gasteiger partial charge on any atom is 0.326 e.